The van der Waals surface area contributed by atoms with Gasteiger partial charge in [0, 0.05) is 10.8 Å². The van der Waals surface area contributed by atoms with Gasteiger partial charge in [0.2, 0.25) is 5.75 Å². The van der Waals surface area contributed by atoms with Crippen LogP contribution in [0.4, 0.5) is 0 Å². The Bertz CT molecular complexity index is 882. The number of H-pyrrole nitrogens is 1. The first-order valence-corrected chi connectivity index (χ1v) is 7.19. The van der Waals surface area contributed by atoms with E-state index in [0.717, 1.165) is 33.1 Å². The first-order valence-electron chi connectivity index (χ1n) is 7.19. The zero-order chi connectivity index (χ0) is 15.3. The summed E-state index contributed by atoms with van der Waals surface area (Å²) in [4.78, 5) is 3.42. The van der Waals surface area contributed by atoms with Crippen molar-refractivity contribution in [2.75, 3.05) is 27.4 Å². The number of nitrogens with one attached hydrogen (secondary N) is 1. The van der Waals surface area contributed by atoms with Crippen molar-refractivity contribution in [3.05, 3.63) is 23.8 Å². The number of rotatable bonds is 2. The average Bonchev–Trinajstić information content (AvgIpc) is 2.92. The molecule has 4 rings (SSSR count). The summed E-state index contributed by atoms with van der Waals surface area (Å²) in [6.07, 6.45) is 0. The van der Waals surface area contributed by atoms with Crippen LogP contribution in [0.25, 0.3) is 21.8 Å². The molecule has 5 heteroatoms. The molecule has 1 aromatic heterocycles. The van der Waals surface area contributed by atoms with Crippen LogP contribution < -0.4 is 18.9 Å². The molecule has 0 radical (unpaired) electrons. The molecule has 5 nitrogen and oxygen atoms in total. The first-order chi connectivity index (χ1) is 10.7. The van der Waals surface area contributed by atoms with Crippen LogP contribution in [0.5, 0.6) is 23.0 Å². The van der Waals surface area contributed by atoms with Crippen molar-refractivity contribution in [2.45, 2.75) is 6.92 Å². The molecular formula is C17H17NO4. The molecule has 2 aromatic carbocycles. The van der Waals surface area contributed by atoms with Gasteiger partial charge < -0.3 is 23.9 Å². The summed E-state index contributed by atoms with van der Waals surface area (Å²) in [6, 6.07) is 6.13. The fourth-order valence-electron chi connectivity index (χ4n) is 3.05. The number of methoxy groups -OCH3 is 2. The zero-order valence-electron chi connectivity index (χ0n) is 12.8. The van der Waals surface area contributed by atoms with Crippen LogP contribution in [-0.4, -0.2) is 32.4 Å². The summed E-state index contributed by atoms with van der Waals surface area (Å²) >= 11 is 0. The number of aromatic amines is 1. The monoisotopic (exact) mass is 299 g/mol. The van der Waals surface area contributed by atoms with E-state index in [4.69, 9.17) is 18.9 Å². The largest absolute Gasteiger partial charge is 0.495 e. The highest BCUT2D eigenvalue weighted by Gasteiger charge is 2.24. The zero-order valence-corrected chi connectivity index (χ0v) is 12.8. The average molecular weight is 299 g/mol. The number of aryl methyl sites for hydroxylation is 1. The van der Waals surface area contributed by atoms with Crippen molar-refractivity contribution in [2.24, 2.45) is 0 Å². The van der Waals surface area contributed by atoms with Crippen molar-refractivity contribution in [1.82, 2.24) is 4.98 Å². The minimum atomic E-state index is 0.525. The maximum absolute atomic E-state index is 5.84. The quantitative estimate of drug-likeness (QED) is 0.788. The van der Waals surface area contributed by atoms with Gasteiger partial charge in [0.15, 0.2) is 11.5 Å². The molecular weight excluding hydrogens is 282 g/mol. The highest BCUT2D eigenvalue weighted by Crippen LogP contribution is 2.47. The van der Waals surface area contributed by atoms with E-state index in [1.807, 2.05) is 12.1 Å². The maximum Gasteiger partial charge on any atom is 0.205 e. The Kier molecular flexibility index (Phi) is 2.82. The molecule has 0 amide bonds. The smallest absolute Gasteiger partial charge is 0.205 e. The standard InChI is InChI=1S/C17H17NO4/c1-9-6-10-11-8-13(20-3)16-17(22-5-4-21-16)15(11)18-14(10)12(7-9)19-2/h6-8,18H,4-5H2,1-3H3. The summed E-state index contributed by atoms with van der Waals surface area (Å²) in [7, 11) is 3.31. The molecule has 0 saturated heterocycles. The van der Waals surface area contributed by atoms with Crippen LogP contribution in [0.3, 0.4) is 0 Å². The van der Waals surface area contributed by atoms with Gasteiger partial charge in [-0.15, -0.1) is 0 Å². The summed E-state index contributed by atoms with van der Waals surface area (Å²) in [5.41, 5.74) is 3.00. The SMILES string of the molecule is COc1cc2c([nH]c3c(OC)cc(C)cc32)c2c1OCCO2. The molecule has 114 valence electrons. The second kappa shape index (κ2) is 4.73. The summed E-state index contributed by atoms with van der Waals surface area (Å²) in [5, 5.41) is 2.13. The normalized spacial score (nSPS) is 13.6. The van der Waals surface area contributed by atoms with E-state index in [1.165, 1.54) is 0 Å². The molecule has 1 N–H and O–H groups in total. The lowest BCUT2D eigenvalue weighted by Crippen LogP contribution is -2.16. The van der Waals surface area contributed by atoms with E-state index in [1.54, 1.807) is 14.2 Å². The minimum absolute atomic E-state index is 0.525. The predicted molar refractivity (Wildman–Crippen MR) is 84.6 cm³/mol. The van der Waals surface area contributed by atoms with Gasteiger partial charge in [0.1, 0.15) is 19.0 Å². The molecule has 0 spiro atoms. The molecule has 0 fully saturated rings. The van der Waals surface area contributed by atoms with Gasteiger partial charge in [-0.2, -0.15) is 0 Å². The third-order valence-corrected chi connectivity index (χ3v) is 4.00. The molecule has 1 aliphatic heterocycles. The van der Waals surface area contributed by atoms with Crippen molar-refractivity contribution < 1.29 is 18.9 Å². The van der Waals surface area contributed by atoms with Gasteiger partial charge in [-0.1, -0.05) is 0 Å². The van der Waals surface area contributed by atoms with Gasteiger partial charge >= 0.3 is 0 Å². The molecule has 22 heavy (non-hydrogen) atoms. The Labute approximate surface area is 127 Å². The van der Waals surface area contributed by atoms with E-state index < -0.39 is 0 Å². The third kappa shape index (κ3) is 1.71. The van der Waals surface area contributed by atoms with Crippen molar-refractivity contribution in [3.63, 3.8) is 0 Å². The number of ether oxygens (including phenoxy) is 4. The first kappa shape index (κ1) is 13.1. The molecule has 0 aliphatic carbocycles. The summed E-state index contributed by atoms with van der Waals surface area (Å²) in [5.74, 6) is 2.86. The molecule has 0 atom stereocenters. The number of hydrogen-bond donors (Lipinski definition) is 1. The Hall–Kier alpha value is -2.56. The molecule has 0 bridgehead atoms. The molecule has 2 heterocycles. The number of fused-ring (bicyclic) bond motifs is 5. The predicted octanol–water partition coefficient (Wildman–Crippen LogP) is 3.42. The van der Waals surface area contributed by atoms with E-state index >= 15 is 0 Å². The van der Waals surface area contributed by atoms with Crippen LogP contribution in [-0.2, 0) is 0 Å². The molecule has 1 aliphatic rings. The topological polar surface area (TPSA) is 52.7 Å². The van der Waals surface area contributed by atoms with Crippen molar-refractivity contribution in [1.29, 1.82) is 0 Å². The number of aromatic nitrogens is 1. The highest BCUT2D eigenvalue weighted by atomic mass is 16.6. The second-order valence-corrected chi connectivity index (χ2v) is 5.37. The van der Waals surface area contributed by atoms with Gasteiger partial charge in [-0.3, -0.25) is 0 Å². The van der Waals surface area contributed by atoms with Crippen molar-refractivity contribution in [3.8, 4) is 23.0 Å². The van der Waals surface area contributed by atoms with Gasteiger partial charge in [-0.25, -0.2) is 0 Å². The Balaban J connectivity index is 2.16. The van der Waals surface area contributed by atoms with Gasteiger partial charge in [0.05, 0.1) is 25.3 Å². The Morgan fingerprint density at radius 2 is 1.55 bits per heavy atom. The molecule has 0 unspecified atom stereocenters. The van der Waals surface area contributed by atoms with E-state index in [2.05, 4.69) is 18.0 Å². The Morgan fingerprint density at radius 3 is 2.27 bits per heavy atom. The fraction of sp³-hybridized carbons (Fsp3) is 0.294. The van der Waals surface area contributed by atoms with E-state index in [9.17, 15) is 0 Å². The van der Waals surface area contributed by atoms with Crippen molar-refractivity contribution >= 4 is 21.8 Å². The lowest BCUT2D eigenvalue weighted by Gasteiger charge is -2.21. The van der Waals surface area contributed by atoms with Gasteiger partial charge in [-0.05, 0) is 30.7 Å². The number of hydrogen-bond acceptors (Lipinski definition) is 4. The van der Waals surface area contributed by atoms with Gasteiger partial charge in [0.25, 0.3) is 0 Å². The van der Waals surface area contributed by atoms with E-state index in [-0.39, 0.29) is 0 Å². The second-order valence-electron chi connectivity index (χ2n) is 5.37. The number of benzene rings is 2. The molecule has 3 aromatic rings. The lowest BCUT2D eigenvalue weighted by molar-refractivity contribution is 0.167. The van der Waals surface area contributed by atoms with Crippen LogP contribution in [0.15, 0.2) is 18.2 Å². The van der Waals surface area contributed by atoms with Crippen LogP contribution in [0.1, 0.15) is 5.56 Å². The van der Waals surface area contributed by atoms with Crippen LogP contribution in [0.2, 0.25) is 0 Å². The Morgan fingerprint density at radius 1 is 0.864 bits per heavy atom. The van der Waals surface area contributed by atoms with Crippen LogP contribution >= 0.6 is 0 Å². The summed E-state index contributed by atoms with van der Waals surface area (Å²) in [6.45, 7) is 3.11. The van der Waals surface area contributed by atoms with E-state index in [0.29, 0.717) is 30.5 Å². The lowest BCUT2D eigenvalue weighted by atomic mass is 10.1. The van der Waals surface area contributed by atoms with Crippen LogP contribution in [0, 0.1) is 6.92 Å². The maximum atomic E-state index is 5.84. The molecule has 0 saturated carbocycles. The third-order valence-electron chi connectivity index (χ3n) is 4.00. The minimum Gasteiger partial charge on any atom is -0.495 e. The summed E-state index contributed by atoms with van der Waals surface area (Å²) < 4.78 is 22.5. The highest BCUT2D eigenvalue weighted by molar-refractivity contribution is 6.12. The fourth-order valence-corrected chi connectivity index (χ4v) is 3.05.